The monoisotopic (exact) mass is 246 g/mol. The highest BCUT2D eigenvalue weighted by molar-refractivity contribution is 5.75. The van der Waals surface area contributed by atoms with Gasteiger partial charge in [-0.05, 0) is 33.0 Å². The lowest BCUT2D eigenvalue weighted by Crippen LogP contribution is -2.40. The van der Waals surface area contributed by atoms with Gasteiger partial charge >= 0.3 is 5.97 Å². The van der Waals surface area contributed by atoms with Gasteiger partial charge in [0.2, 0.25) is 0 Å². The van der Waals surface area contributed by atoms with Crippen LogP contribution in [0, 0.1) is 0 Å². The Morgan fingerprint density at radius 1 is 1.35 bits per heavy atom. The summed E-state index contributed by atoms with van der Waals surface area (Å²) >= 11 is 0. The summed E-state index contributed by atoms with van der Waals surface area (Å²) in [5.41, 5.74) is 0. The van der Waals surface area contributed by atoms with E-state index in [1.807, 2.05) is 7.05 Å². The minimum atomic E-state index is -0.204. The molecule has 0 bridgehead atoms. The van der Waals surface area contributed by atoms with E-state index in [9.17, 15) is 4.79 Å². The van der Waals surface area contributed by atoms with Crippen LogP contribution < -0.4 is 5.32 Å². The Bertz CT molecular complexity index is 200. The summed E-state index contributed by atoms with van der Waals surface area (Å²) in [5, 5.41) is 3.20. The van der Waals surface area contributed by atoms with Gasteiger partial charge in [-0.3, -0.25) is 4.79 Å². The molecule has 0 saturated carbocycles. The molecule has 0 heterocycles. The Balaban J connectivity index is 3.93. The molecule has 0 fully saturated rings. The van der Waals surface area contributed by atoms with Crippen molar-refractivity contribution in [2.75, 3.05) is 47.5 Å². The highest BCUT2D eigenvalue weighted by Gasteiger charge is 2.18. The van der Waals surface area contributed by atoms with Gasteiger partial charge in [-0.1, -0.05) is 6.92 Å². The molecule has 5 nitrogen and oxygen atoms in total. The number of hydrogen-bond donors (Lipinski definition) is 1. The van der Waals surface area contributed by atoms with Crippen LogP contribution in [-0.4, -0.2) is 64.4 Å². The summed E-state index contributed by atoms with van der Waals surface area (Å²) in [4.78, 5) is 13.7. The molecule has 102 valence electrons. The molecule has 0 aliphatic carbocycles. The van der Waals surface area contributed by atoms with Crippen molar-refractivity contribution < 1.29 is 14.3 Å². The van der Waals surface area contributed by atoms with Crippen molar-refractivity contribution in [1.29, 1.82) is 0 Å². The van der Waals surface area contributed by atoms with Gasteiger partial charge in [0.25, 0.3) is 0 Å². The third-order valence-corrected chi connectivity index (χ3v) is 2.60. The van der Waals surface area contributed by atoms with Gasteiger partial charge in [0.1, 0.15) is 6.04 Å². The standard InChI is InChI=1S/C12H26N2O3/c1-5-7-13-11(12(15)17-4)6-8-14(2)9-10-16-3/h11,13H,5-10H2,1-4H3. The number of carbonyl (C=O) groups excluding carboxylic acids is 1. The van der Waals surface area contributed by atoms with Gasteiger partial charge in [-0.25, -0.2) is 0 Å². The fourth-order valence-electron chi connectivity index (χ4n) is 1.47. The predicted octanol–water partition coefficient (Wildman–Crippen LogP) is 0.496. The van der Waals surface area contributed by atoms with Crippen molar-refractivity contribution in [3.63, 3.8) is 0 Å². The van der Waals surface area contributed by atoms with E-state index in [2.05, 4.69) is 17.1 Å². The highest BCUT2D eigenvalue weighted by Crippen LogP contribution is 1.98. The lowest BCUT2D eigenvalue weighted by Gasteiger charge is -2.20. The van der Waals surface area contributed by atoms with Crippen molar-refractivity contribution >= 4 is 5.97 Å². The number of esters is 1. The third kappa shape index (κ3) is 8.12. The number of ether oxygens (including phenoxy) is 2. The lowest BCUT2D eigenvalue weighted by atomic mass is 10.2. The quantitative estimate of drug-likeness (QED) is 0.569. The zero-order chi connectivity index (χ0) is 13.1. The second-order valence-electron chi connectivity index (χ2n) is 4.11. The largest absolute Gasteiger partial charge is 0.468 e. The molecular formula is C12H26N2O3. The van der Waals surface area contributed by atoms with Crippen LogP contribution in [0.1, 0.15) is 19.8 Å². The summed E-state index contributed by atoms with van der Waals surface area (Å²) < 4.78 is 9.78. The van der Waals surface area contributed by atoms with E-state index in [1.165, 1.54) is 7.11 Å². The van der Waals surface area contributed by atoms with Crippen LogP contribution in [0.4, 0.5) is 0 Å². The second kappa shape index (κ2) is 10.5. The molecule has 0 spiro atoms. The first-order chi connectivity index (χ1) is 8.15. The Morgan fingerprint density at radius 3 is 2.59 bits per heavy atom. The Morgan fingerprint density at radius 2 is 2.06 bits per heavy atom. The number of nitrogens with one attached hydrogen (secondary N) is 1. The molecule has 1 N–H and O–H groups in total. The first-order valence-corrected chi connectivity index (χ1v) is 6.14. The zero-order valence-electron chi connectivity index (χ0n) is 11.5. The number of hydrogen-bond acceptors (Lipinski definition) is 5. The fraction of sp³-hybridized carbons (Fsp3) is 0.917. The van der Waals surface area contributed by atoms with Crippen molar-refractivity contribution in [2.45, 2.75) is 25.8 Å². The molecule has 0 radical (unpaired) electrons. The first kappa shape index (κ1) is 16.4. The molecule has 0 aromatic carbocycles. The number of carbonyl (C=O) groups is 1. The lowest BCUT2D eigenvalue weighted by molar-refractivity contribution is -0.143. The van der Waals surface area contributed by atoms with E-state index < -0.39 is 0 Å². The molecule has 0 aromatic heterocycles. The maximum absolute atomic E-state index is 11.5. The van der Waals surface area contributed by atoms with Crippen molar-refractivity contribution in [3.05, 3.63) is 0 Å². The molecule has 1 unspecified atom stereocenters. The summed E-state index contributed by atoms with van der Waals surface area (Å²) in [6.07, 6.45) is 1.76. The Hall–Kier alpha value is -0.650. The highest BCUT2D eigenvalue weighted by atomic mass is 16.5. The van der Waals surface area contributed by atoms with Crippen LogP contribution in [-0.2, 0) is 14.3 Å². The molecule has 1 atom stereocenters. The first-order valence-electron chi connectivity index (χ1n) is 6.14. The second-order valence-corrected chi connectivity index (χ2v) is 4.11. The van der Waals surface area contributed by atoms with Crippen LogP contribution in [0.2, 0.25) is 0 Å². The van der Waals surface area contributed by atoms with Gasteiger partial charge in [0.05, 0.1) is 13.7 Å². The van der Waals surface area contributed by atoms with Crippen molar-refractivity contribution in [2.24, 2.45) is 0 Å². The summed E-state index contributed by atoms with van der Waals surface area (Å²) in [5.74, 6) is -0.182. The zero-order valence-corrected chi connectivity index (χ0v) is 11.5. The average Bonchev–Trinajstić information content (AvgIpc) is 2.35. The van der Waals surface area contributed by atoms with E-state index in [4.69, 9.17) is 9.47 Å². The number of likely N-dealkylation sites (N-methyl/N-ethyl adjacent to an activating group) is 1. The average molecular weight is 246 g/mol. The predicted molar refractivity (Wildman–Crippen MR) is 68.1 cm³/mol. The molecule has 0 rings (SSSR count). The minimum absolute atomic E-state index is 0.182. The van der Waals surface area contributed by atoms with Gasteiger partial charge < -0.3 is 19.7 Å². The Kier molecular flexibility index (Phi) is 10.1. The van der Waals surface area contributed by atoms with Crippen molar-refractivity contribution in [3.8, 4) is 0 Å². The number of nitrogens with zero attached hydrogens (tertiary/aromatic N) is 1. The number of rotatable bonds is 10. The van der Waals surface area contributed by atoms with E-state index >= 15 is 0 Å². The molecule has 5 heteroatoms. The van der Waals surface area contributed by atoms with Crippen molar-refractivity contribution in [1.82, 2.24) is 10.2 Å². The maximum atomic E-state index is 11.5. The van der Waals surface area contributed by atoms with E-state index in [1.54, 1.807) is 7.11 Å². The smallest absolute Gasteiger partial charge is 0.322 e. The molecule has 0 aliphatic heterocycles. The SMILES string of the molecule is CCCNC(CCN(C)CCOC)C(=O)OC. The maximum Gasteiger partial charge on any atom is 0.322 e. The molecule has 17 heavy (non-hydrogen) atoms. The van der Waals surface area contributed by atoms with Gasteiger partial charge in [0.15, 0.2) is 0 Å². The van der Waals surface area contributed by atoms with Crippen LogP contribution in [0.15, 0.2) is 0 Å². The van der Waals surface area contributed by atoms with Gasteiger partial charge in [0, 0.05) is 13.7 Å². The van der Waals surface area contributed by atoms with E-state index in [-0.39, 0.29) is 12.0 Å². The molecule has 0 aromatic rings. The third-order valence-electron chi connectivity index (χ3n) is 2.60. The van der Waals surface area contributed by atoms with Crippen LogP contribution in [0.5, 0.6) is 0 Å². The molecule has 0 saturated heterocycles. The van der Waals surface area contributed by atoms with Crippen LogP contribution in [0.3, 0.4) is 0 Å². The molecule has 0 amide bonds. The van der Waals surface area contributed by atoms with E-state index in [0.29, 0.717) is 6.61 Å². The summed E-state index contributed by atoms with van der Waals surface area (Å²) in [6, 6.07) is -0.204. The molecular weight excluding hydrogens is 220 g/mol. The normalized spacial score (nSPS) is 12.8. The van der Waals surface area contributed by atoms with Gasteiger partial charge in [-0.15, -0.1) is 0 Å². The van der Waals surface area contributed by atoms with E-state index in [0.717, 1.165) is 32.5 Å². The summed E-state index contributed by atoms with van der Waals surface area (Å²) in [6.45, 7) is 5.34. The summed E-state index contributed by atoms with van der Waals surface area (Å²) in [7, 11) is 5.14. The Labute approximate surface area is 104 Å². The fourth-order valence-corrected chi connectivity index (χ4v) is 1.47. The minimum Gasteiger partial charge on any atom is -0.468 e. The van der Waals surface area contributed by atoms with Gasteiger partial charge in [-0.2, -0.15) is 0 Å². The molecule has 0 aliphatic rings. The topological polar surface area (TPSA) is 50.8 Å². The van der Waals surface area contributed by atoms with Crippen LogP contribution in [0.25, 0.3) is 0 Å². The number of methoxy groups -OCH3 is 2. The van der Waals surface area contributed by atoms with Crippen LogP contribution >= 0.6 is 0 Å².